The first-order valence-corrected chi connectivity index (χ1v) is 11.5. The summed E-state index contributed by atoms with van der Waals surface area (Å²) in [6, 6.07) is 12.9. The Labute approximate surface area is 188 Å². The van der Waals surface area contributed by atoms with Crippen molar-refractivity contribution in [3.05, 3.63) is 75.0 Å². The molecule has 3 aromatic rings. The number of hydrogen-bond acceptors (Lipinski definition) is 3. The fraction of sp³-hybridized carbons (Fsp3) is 0.292. The zero-order chi connectivity index (χ0) is 22.9. The van der Waals surface area contributed by atoms with Gasteiger partial charge >= 0.3 is 12.1 Å². The summed E-state index contributed by atoms with van der Waals surface area (Å²) >= 11 is 2.98. The maximum atomic E-state index is 12.9. The van der Waals surface area contributed by atoms with Crippen LogP contribution in [0.1, 0.15) is 50.3 Å². The number of thioether (sulfide) groups is 1. The maximum Gasteiger partial charge on any atom is 0.416 e. The van der Waals surface area contributed by atoms with E-state index in [1.807, 2.05) is 32.0 Å². The van der Waals surface area contributed by atoms with Crippen molar-refractivity contribution in [1.29, 1.82) is 0 Å². The molecular weight excluding hydrogens is 441 g/mol. The molecule has 1 heterocycles. The summed E-state index contributed by atoms with van der Waals surface area (Å²) in [7, 11) is 0. The molecule has 1 atom stereocenters. The minimum atomic E-state index is -4.35. The van der Waals surface area contributed by atoms with Gasteiger partial charge < -0.3 is 5.11 Å². The molecule has 2 nitrogen and oxygen atoms in total. The molecule has 164 valence electrons. The van der Waals surface area contributed by atoms with Gasteiger partial charge in [-0.2, -0.15) is 13.2 Å². The number of aryl methyl sites for hydroxylation is 2. The van der Waals surface area contributed by atoms with Gasteiger partial charge in [-0.05, 0) is 78.4 Å². The summed E-state index contributed by atoms with van der Waals surface area (Å²) in [5, 5.41) is 9.33. The van der Waals surface area contributed by atoms with Crippen LogP contribution in [0.15, 0.2) is 53.4 Å². The highest BCUT2D eigenvalue weighted by Gasteiger charge is 2.30. The molecule has 0 fully saturated rings. The number of carboxylic acid groups (broad SMARTS) is 1. The van der Waals surface area contributed by atoms with E-state index < -0.39 is 17.7 Å². The van der Waals surface area contributed by atoms with E-state index in [1.54, 1.807) is 17.8 Å². The van der Waals surface area contributed by atoms with Gasteiger partial charge in [0, 0.05) is 15.0 Å². The van der Waals surface area contributed by atoms with Gasteiger partial charge in [0.1, 0.15) is 4.88 Å². The third-order valence-corrected chi connectivity index (χ3v) is 7.86. The molecule has 7 heteroatoms. The van der Waals surface area contributed by atoms with Crippen LogP contribution in [-0.4, -0.2) is 11.1 Å². The summed E-state index contributed by atoms with van der Waals surface area (Å²) in [6.45, 7) is 8.13. The quantitative estimate of drug-likeness (QED) is 0.373. The molecule has 31 heavy (non-hydrogen) atoms. The number of aromatic carboxylic acids is 1. The first-order chi connectivity index (χ1) is 14.5. The van der Waals surface area contributed by atoms with Crippen LogP contribution in [0.3, 0.4) is 0 Å². The number of benzene rings is 2. The van der Waals surface area contributed by atoms with Gasteiger partial charge in [0.2, 0.25) is 0 Å². The van der Waals surface area contributed by atoms with Crippen LogP contribution in [0, 0.1) is 19.8 Å². The molecule has 0 saturated heterocycles. The molecule has 0 aliphatic carbocycles. The van der Waals surface area contributed by atoms with Crippen LogP contribution >= 0.6 is 23.1 Å². The Kier molecular flexibility index (Phi) is 6.86. The van der Waals surface area contributed by atoms with Crippen molar-refractivity contribution in [3.63, 3.8) is 0 Å². The van der Waals surface area contributed by atoms with E-state index in [0.717, 1.165) is 44.2 Å². The first-order valence-electron chi connectivity index (χ1n) is 9.76. The maximum absolute atomic E-state index is 12.9. The second-order valence-corrected chi connectivity index (χ2v) is 10.1. The number of thiophene rings is 1. The third-order valence-electron chi connectivity index (χ3n) is 4.99. The summed E-state index contributed by atoms with van der Waals surface area (Å²) in [5.74, 6) is -0.628. The topological polar surface area (TPSA) is 37.3 Å². The van der Waals surface area contributed by atoms with Gasteiger partial charge in [0.05, 0.1) is 5.56 Å². The Morgan fingerprint density at radius 3 is 2.03 bits per heavy atom. The fourth-order valence-corrected chi connectivity index (χ4v) is 6.10. The van der Waals surface area contributed by atoms with Crippen LogP contribution in [0.4, 0.5) is 13.2 Å². The molecule has 1 aromatic heterocycles. The van der Waals surface area contributed by atoms with E-state index in [-0.39, 0.29) is 5.25 Å². The average Bonchev–Trinajstić information content (AvgIpc) is 3.15. The van der Waals surface area contributed by atoms with Crippen molar-refractivity contribution in [2.24, 2.45) is 5.92 Å². The Balaban J connectivity index is 1.90. The number of hydrogen-bond donors (Lipinski definition) is 1. The minimum Gasteiger partial charge on any atom is -0.477 e. The lowest BCUT2D eigenvalue weighted by molar-refractivity contribution is -0.137. The van der Waals surface area contributed by atoms with E-state index in [0.29, 0.717) is 10.8 Å². The standard InChI is InChI=1S/C24H23F3O2S2/c1-13(2)22(19-9-10-20(31-19)23(28)29)30-18-11-14(3)21(15(4)12-18)16-5-7-17(8-6-16)24(25,26)27/h5-13,22H,1-4H3,(H,28,29)/t22-/m1/s1. The predicted octanol–water partition coefficient (Wildman–Crippen LogP) is 8.24. The van der Waals surface area contributed by atoms with Crippen molar-refractivity contribution in [2.75, 3.05) is 0 Å². The SMILES string of the molecule is Cc1cc(S[C@@H](c2ccc(C(=O)O)s2)C(C)C)cc(C)c1-c1ccc(C(F)(F)F)cc1. The molecule has 0 saturated carbocycles. The third kappa shape index (κ3) is 5.33. The number of alkyl halides is 3. The molecule has 0 aliphatic rings. The normalized spacial score (nSPS) is 12.9. The van der Waals surface area contributed by atoms with Crippen LogP contribution in [0.2, 0.25) is 0 Å². The van der Waals surface area contributed by atoms with Gasteiger partial charge in [0.15, 0.2) is 0 Å². The Hall–Kier alpha value is -2.25. The van der Waals surface area contributed by atoms with E-state index in [9.17, 15) is 23.1 Å². The summed E-state index contributed by atoms with van der Waals surface area (Å²) < 4.78 is 38.6. The molecule has 0 radical (unpaired) electrons. The van der Waals surface area contributed by atoms with E-state index in [4.69, 9.17) is 0 Å². The molecular formula is C24H23F3O2S2. The molecule has 3 rings (SSSR count). The lowest BCUT2D eigenvalue weighted by atomic mass is 9.95. The lowest BCUT2D eigenvalue weighted by Crippen LogP contribution is -2.04. The second kappa shape index (κ2) is 9.09. The second-order valence-electron chi connectivity index (χ2n) is 7.80. The van der Waals surface area contributed by atoms with Gasteiger partial charge in [-0.3, -0.25) is 0 Å². The van der Waals surface area contributed by atoms with E-state index in [2.05, 4.69) is 13.8 Å². The monoisotopic (exact) mass is 464 g/mol. The number of rotatable bonds is 6. The largest absolute Gasteiger partial charge is 0.477 e. The Morgan fingerprint density at radius 2 is 1.58 bits per heavy atom. The van der Waals surface area contributed by atoms with E-state index >= 15 is 0 Å². The van der Waals surface area contributed by atoms with Gasteiger partial charge in [0.25, 0.3) is 0 Å². The predicted molar refractivity (Wildman–Crippen MR) is 121 cm³/mol. The number of carboxylic acids is 1. The van der Waals surface area contributed by atoms with Crippen molar-refractivity contribution in [3.8, 4) is 11.1 Å². The minimum absolute atomic E-state index is 0.105. The van der Waals surface area contributed by atoms with Crippen LogP contribution in [-0.2, 0) is 6.18 Å². The molecule has 0 amide bonds. The van der Waals surface area contributed by atoms with Crippen molar-refractivity contribution >= 4 is 29.1 Å². The molecule has 2 aromatic carbocycles. The smallest absolute Gasteiger partial charge is 0.416 e. The molecule has 0 spiro atoms. The molecule has 0 bridgehead atoms. The molecule has 0 aliphatic heterocycles. The fourth-order valence-electron chi connectivity index (χ4n) is 3.56. The van der Waals surface area contributed by atoms with Crippen LogP contribution < -0.4 is 0 Å². The molecule has 0 unspecified atom stereocenters. The van der Waals surface area contributed by atoms with Crippen molar-refractivity contribution < 1.29 is 23.1 Å². The van der Waals surface area contributed by atoms with Crippen LogP contribution in [0.25, 0.3) is 11.1 Å². The van der Waals surface area contributed by atoms with Gasteiger partial charge in [-0.15, -0.1) is 23.1 Å². The lowest BCUT2D eigenvalue weighted by Gasteiger charge is -2.21. The Bertz CT molecular complexity index is 1060. The van der Waals surface area contributed by atoms with Gasteiger partial charge in [-0.25, -0.2) is 4.79 Å². The highest BCUT2D eigenvalue weighted by Crippen LogP contribution is 2.45. The highest BCUT2D eigenvalue weighted by atomic mass is 32.2. The van der Waals surface area contributed by atoms with Crippen molar-refractivity contribution in [1.82, 2.24) is 0 Å². The summed E-state index contributed by atoms with van der Waals surface area (Å²) in [6.07, 6.45) is -4.35. The zero-order valence-electron chi connectivity index (χ0n) is 17.6. The molecule has 1 N–H and O–H groups in total. The summed E-state index contributed by atoms with van der Waals surface area (Å²) in [5.41, 5.74) is 3.01. The van der Waals surface area contributed by atoms with Gasteiger partial charge in [-0.1, -0.05) is 26.0 Å². The zero-order valence-corrected chi connectivity index (χ0v) is 19.2. The van der Waals surface area contributed by atoms with E-state index in [1.165, 1.54) is 23.5 Å². The number of halogens is 3. The summed E-state index contributed by atoms with van der Waals surface area (Å²) in [4.78, 5) is 13.6. The van der Waals surface area contributed by atoms with Crippen LogP contribution in [0.5, 0.6) is 0 Å². The highest BCUT2D eigenvalue weighted by molar-refractivity contribution is 7.99. The average molecular weight is 465 g/mol. The number of carbonyl (C=O) groups is 1. The van der Waals surface area contributed by atoms with Crippen molar-refractivity contribution in [2.45, 2.75) is 44.0 Å². The first kappa shape index (κ1) is 23.4. The Morgan fingerprint density at radius 1 is 1.00 bits per heavy atom.